The summed E-state index contributed by atoms with van der Waals surface area (Å²) in [5, 5.41) is 15.7. The Bertz CT molecular complexity index is 614. The lowest BCUT2D eigenvalue weighted by Crippen LogP contribution is -2.57. The van der Waals surface area contributed by atoms with Gasteiger partial charge in [-0.25, -0.2) is 0 Å². The Hall–Kier alpha value is -1.51. The first kappa shape index (κ1) is 19.8. The van der Waals surface area contributed by atoms with E-state index >= 15 is 0 Å². The zero-order valence-corrected chi connectivity index (χ0v) is 15.5. The van der Waals surface area contributed by atoms with E-state index in [-0.39, 0.29) is 5.91 Å². The molecule has 0 aromatic heterocycles. The highest BCUT2D eigenvalue weighted by molar-refractivity contribution is 8.00. The number of likely N-dealkylation sites (N-methyl/N-ethyl adjacent to an activating group) is 1. The van der Waals surface area contributed by atoms with Crippen LogP contribution in [-0.2, 0) is 16.0 Å². The van der Waals surface area contributed by atoms with Gasteiger partial charge in [-0.2, -0.15) is 0 Å². The normalized spacial score (nSPS) is 21.6. The first-order valence-electron chi connectivity index (χ1n) is 8.16. The van der Waals surface area contributed by atoms with E-state index in [1.165, 1.54) is 16.7 Å². The van der Waals surface area contributed by atoms with Crippen LogP contribution in [0.2, 0.25) is 0 Å². The van der Waals surface area contributed by atoms with Gasteiger partial charge in [0, 0.05) is 17.8 Å². The van der Waals surface area contributed by atoms with Crippen molar-refractivity contribution in [3.8, 4) is 0 Å². The highest BCUT2D eigenvalue weighted by atomic mass is 32.2. The Morgan fingerprint density at radius 3 is 2.60 bits per heavy atom. The number of carbonyl (C=O) groups excluding carboxylic acids is 2. The smallest absolute Gasteiger partial charge is 0.254 e. The number of benzene rings is 1. The van der Waals surface area contributed by atoms with E-state index in [1.807, 2.05) is 44.2 Å². The van der Waals surface area contributed by atoms with E-state index in [2.05, 4.69) is 10.5 Å². The summed E-state index contributed by atoms with van der Waals surface area (Å²) >= 11 is 1.51. The molecule has 134 valence electrons. The summed E-state index contributed by atoms with van der Waals surface area (Å²) in [6.45, 7) is 3.83. The van der Waals surface area contributed by atoms with E-state index < -0.39 is 28.8 Å². The minimum atomic E-state index is -1.34. The van der Waals surface area contributed by atoms with Crippen LogP contribution in [0.1, 0.15) is 19.4 Å². The van der Waals surface area contributed by atoms with Crippen LogP contribution in [0.15, 0.2) is 30.3 Å². The molecule has 0 unspecified atom stereocenters. The Labute approximate surface area is 154 Å². The van der Waals surface area contributed by atoms with Gasteiger partial charge in [-0.1, -0.05) is 30.3 Å². The van der Waals surface area contributed by atoms with E-state index in [0.717, 1.165) is 5.56 Å². The van der Waals surface area contributed by atoms with Gasteiger partial charge in [0.2, 0.25) is 5.91 Å². The monoisotopic (exact) mass is 361 g/mol. The molecule has 1 aromatic carbocycles. The van der Waals surface area contributed by atoms with Gasteiger partial charge in [-0.05, 0) is 25.8 Å². The van der Waals surface area contributed by atoms with Crippen molar-refractivity contribution >= 4 is 31.6 Å². The molecule has 3 atom stereocenters. The number of carbonyl (C=O) groups is 2. The highest BCUT2D eigenvalue weighted by Crippen LogP contribution is 2.39. The molecule has 0 bridgehead atoms. The molecule has 6 nitrogen and oxygen atoms in total. The van der Waals surface area contributed by atoms with Gasteiger partial charge >= 0.3 is 0 Å². The summed E-state index contributed by atoms with van der Waals surface area (Å²) in [6, 6.07) is 8.20. The van der Waals surface area contributed by atoms with E-state index in [1.54, 1.807) is 7.05 Å². The lowest BCUT2D eigenvalue weighted by molar-refractivity contribution is -0.147. The molecule has 0 saturated carbocycles. The number of hydrogen-bond donors (Lipinski definition) is 3. The molecule has 1 aliphatic heterocycles. The van der Waals surface area contributed by atoms with Crippen LogP contribution in [-0.4, -0.2) is 65.7 Å². The second-order valence-corrected chi connectivity index (χ2v) is 8.21. The van der Waals surface area contributed by atoms with Crippen molar-refractivity contribution in [1.29, 1.82) is 0 Å². The molecule has 2 rings (SSSR count). The molecule has 2 radical (unpaired) electrons. The predicted octanol–water partition coefficient (Wildman–Crippen LogP) is 0.0578. The summed E-state index contributed by atoms with van der Waals surface area (Å²) < 4.78 is -0.430. The molecule has 2 amide bonds. The summed E-state index contributed by atoms with van der Waals surface area (Å²) in [7, 11) is 7.11. The molecule has 1 fully saturated rings. The number of amides is 2. The number of thioether (sulfide) groups is 1. The third kappa shape index (κ3) is 4.37. The minimum Gasteiger partial charge on any atom is -0.382 e. The third-order valence-corrected chi connectivity index (χ3v) is 5.84. The molecule has 8 heteroatoms. The molecule has 25 heavy (non-hydrogen) atoms. The average Bonchev–Trinajstić information content (AvgIpc) is 2.93. The molecule has 1 aromatic rings. The van der Waals surface area contributed by atoms with Crippen molar-refractivity contribution in [3.05, 3.63) is 35.9 Å². The Morgan fingerprint density at radius 1 is 1.40 bits per heavy atom. The van der Waals surface area contributed by atoms with Crippen molar-refractivity contribution in [2.75, 3.05) is 12.9 Å². The van der Waals surface area contributed by atoms with Gasteiger partial charge in [-0.15, -0.1) is 11.8 Å². The highest BCUT2D eigenvalue weighted by Gasteiger charge is 2.49. The zero-order chi connectivity index (χ0) is 18.6. The quantitative estimate of drug-likeness (QED) is 0.625. The van der Waals surface area contributed by atoms with Gasteiger partial charge in [0.1, 0.15) is 12.1 Å². The van der Waals surface area contributed by atoms with Gasteiger partial charge in [0.05, 0.1) is 5.88 Å². The second-order valence-electron chi connectivity index (χ2n) is 6.61. The number of nitrogens with zero attached hydrogens (tertiary/aromatic N) is 1. The Morgan fingerprint density at radius 2 is 2.04 bits per heavy atom. The predicted molar refractivity (Wildman–Crippen MR) is 100 cm³/mol. The summed E-state index contributed by atoms with van der Waals surface area (Å²) in [5.74, 6) is -0.384. The number of rotatable bonds is 6. The zero-order valence-electron chi connectivity index (χ0n) is 14.7. The van der Waals surface area contributed by atoms with Gasteiger partial charge in [-0.3, -0.25) is 9.59 Å². The maximum atomic E-state index is 12.8. The first-order valence-corrected chi connectivity index (χ1v) is 9.14. The van der Waals surface area contributed by atoms with Crippen LogP contribution < -0.4 is 10.5 Å². The topological polar surface area (TPSA) is 81.7 Å². The van der Waals surface area contributed by atoms with Crippen molar-refractivity contribution in [1.82, 2.24) is 15.4 Å². The molecular weight excluding hydrogens is 337 g/mol. The van der Waals surface area contributed by atoms with E-state index in [9.17, 15) is 14.7 Å². The minimum absolute atomic E-state index is 0.240. The molecule has 0 aliphatic carbocycles. The van der Waals surface area contributed by atoms with Gasteiger partial charge in [0.15, 0.2) is 7.98 Å². The number of aliphatic hydroxyl groups is 1. The van der Waals surface area contributed by atoms with Crippen LogP contribution in [0.3, 0.4) is 0 Å². The van der Waals surface area contributed by atoms with Crippen LogP contribution in [0.25, 0.3) is 0 Å². The maximum Gasteiger partial charge on any atom is 0.254 e. The molecule has 3 N–H and O–H groups in total. The summed E-state index contributed by atoms with van der Waals surface area (Å²) in [5.41, 5.74) is 0.955. The molecule has 0 spiro atoms. The fourth-order valence-electron chi connectivity index (χ4n) is 3.02. The van der Waals surface area contributed by atoms with Crippen molar-refractivity contribution in [2.24, 2.45) is 0 Å². The fourth-order valence-corrected chi connectivity index (χ4v) is 4.16. The number of hydrogen-bond acceptors (Lipinski definition) is 5. The number of nitrogens with one attached hydrogen (secondary N) is 2. The Kier molecular flexibility index (Phi) is 6.54. The van der Waals surface area contributed by atoms with Gasteiger partial charge in [0.25, 0.3) is 5.91 Å². The molecule has 1 saturated heterocycles. The van der Waals surface area contributed by atoms with Gasteiger partial charge < -0.3 is 20.6 Å². The van der Waals surface area contributed by atoms with E-state index in [0.29, 0.717) is 12.3 Å². The van der Waals surface area contributed by atoms with Crippen LogP contribution in [0.5, 0.6) is 0 Å². The third-order valence-electron chi connectivity index (χ3n) is 4.47. The average molecular weight is 361 g/mol. The fraction of sp³-hybridized carbons (Fsp3) is 0.529. The SMILES string of the molecule is [B]N[C@@H](Cc1ccccc1)[C@H](O)C(=O)N1CSC(C)(C)[C@H]1C(=O)NC. The summed E-state index contributed by atoms with van der Waals surface area (Å²) in [6.07, 6.45) is -0.939. The Balaban J connectivity index is 2.15. The van der Waals surface area contributed by atoms with Crippen molar-refractivity contribution in [2.45, 2.75) is 43.2 Å². The lowest BCUT2D eigenvalue weighted by atomic mass is 9.96. The molecular formula is C17H24BN3O3S. The van der Waals surface area contributed by atoms with Crippen molar-refractivity contribution in [3.63, 3.8) is 0 Å². The van der Waals surface area contributed by atoms with E-state index in [4.69, 9.17) is 7.98 Å². The van der Waals surface area contributed by atoms with Crippen LogP contribution in [0.4, 0.5) is 0 Å². The molecule has 1 heterocycles. The lowest BCUT2D eigenvalue weighted by Gasteiger charge is -2.32. The molecule has 1 aliphatic rings. The van der Waals surface area contributed by atoms with Crippen molar-refractivity contribution < 1.29 is 14.7 Å². The van der Waals surface area contributed by atoms with Crippen LogP contribution >= 0.6 is 11.8 Å². The standard InChI is InChI=1S/C17H24BN3O3S/c1-17(2)14(15(23)19-3)21(10-25-17)16(24)13(22)12(20-18)9-11-7-5-4-6-8-11/h4-8,12-14,20,22H,9-10H2,1-3H3,(H,19,23)/t12-,13-,14+/m0/s1. The first-order chi connectivity index (χ1) is 11.8. The maximum absolute atomic E-state index is 12.8. The number of aliphatic hydroxyl groups excluding tert-OH is 1. The van der Waals surface area contributed by atoms with Crippen LogP contribution in [0, 0.1) is 0 Å². The second kappa shape index (κ2) is 8.25. The summed E-state index contributed by atoms with van der Waals surface area (Å²) in [4.78, 5) is 26.5. The largest absolute Gasteiger partial charge is 0.382 e.